The molecule has 25 heavy (non-hydrogen) atoms. The molecule has 142 valence electrons. The smallest absolute Gasteiger partial charge is 0.410 e. The number of rotatable bonds is 6. The zero-order chi connectivity index (χ0) is 18.3. The maximum atomic E-state index is 12.2. The fraction of sp³-hybridized carbons (Fsp3) is 0.938. The molecule has 0 aromatic heterocycles. The summed E-state index contributed by atoms with van der Waals surface area (Å²) in [6.07, 6.45) is 2.14. The van der Waals surface area contributed by atoms with Crippen molar-refractivity contribution in [3.8, 4) is 0 Å². The van der Waals surface area contributed by atoms with Gasteiger partial charge in [0.15, 0.2) is 6.29 Å². The molecule has 0 saturated carbocycles. The molecule has 9 nitrogen and oxygen atoms in total. The van der Waals surface area contributed by atoms with E-state index in [4.69, 9.17) is 24.5 Å². The minimum Gasteiger partial charge on any atom is -0.444 e. The monoisotopic (exact) mass is 356 g/mol. The van der Waals surface area contributed by atoms with Gasteiger partial charge in [-0.1, -0.05) is 5.11 Å². The van der Waals surface area contributed by atoms with Gasteiger partial charge in [0.1, 0.15) is 5.60 Å². The molecule has 2 heterocycles. The lowest BCUT2D eigenvalue weighted by atomic mass is 10.2. The summed E-state index contributed by atoms with van der Waals surface area (Å²) in [6, 6.07) is -0.427. The van der Waals surface area contributed by atoms with Gasteiger partial charge in [0.2, 0.25) is 0 Å². The van der Waals surface area contributed by atoms with Crippen molar-refractivity contribution in [3.63, 3.8) is 0 Å². The first kappa shape index (κ1) is 19.8. The second-order valence-electron chi connectivity index (χ2n) is 7.23. The van der Waals surface area contributed by atoms with Crippen LogP contribution in [-0.2, 0) is 18.9 Å². The third kappa shape index (κ3) is 6.70. The Morgan fingerprint density at radius 1 is 1.28 bits per heavy atom. The summed E-state index contributed by atoms with van der Waals surface area (Å²) < 4.78 is 22.2. The molecule has 2 aliphatic rings. The Morgan fingerprint density at radius 2 is 2.04 bits per heavy atom. The number of carbonyl (C=O) groups is 1. The minimum atomic E-state index is -0.572. The minimum absolute atomic E-state index is 0.160. The first-order valence-corrected chi connectivity index (χ1v) is 8.76. The van der Waals surface area contributed by atoms with E-state index in [9.17, 15) is 4.79 Å². The van der Waals surface area contributed by atoms with Crippen LogP contribution < -0.4 is 0 Å². The summed E-state index contributed by atoms with van der Waals surface area (Å²) >= 11 is 0. The van der Waals surface area contributed by atoms with Crippen molar-refractivity contribution in [2.75, 3.05) is 32.9 Å². The number of azide groups is 1. The Hall–Kier alpha value is -1.54. The third-order valence-corrected chi connectivity index (χ3v) is 3.95. The molecule has 2 fully saturated rings. The molecule has 0 spiro atoms. The van der Waals surface area contributed by atoms with Crippen LogP contribution in [0.15, 0.2) is 5.11 Å². The van der Waals surface area contributed by atoms with E-state index in [2.05, 4.69) is 10.0 Å². The summed E-state index contributed by atoms with van der Waals surface area (Å²) in [6.45, 7) is 7.53. The highest BCUT2D eigenvalue weighted by Gasteiger charge is 2.37. The van der Waals surface area contributed by atoms with Crippen molar-refractivity contribution in [1.29, 1.82) is 0 Å². The Morgan fingerprint density at radius 3 is 2.68 bits per heavy atom. The van der Waals surface area contributed by atoms with Crippen LogP contribution in [0.2, 0.25) is 0 Å². The number of hydrogen-bond acceptors (Lipinski definition) is 6. The lowest BCUT2D eigenvalue weighted by Crippen LogP contribution is -2.36. The topological polar surface area (TPSA) is 106 Å². The highest BCUT2D eigenvalue weighted by Crippen LogP contribution is 2.20. The molecule has 0 aliphatic carbocycles. The van der Waals surface area contributed by atoms with Crippen LogP contribution in [0.4, 0.5) is 4.79 Å². The predicted octanol–water partition coefficient (Wildman–Crippen LogP) is 2.84. The quantitative estimate of drug-likeness (QED) is 0.315. The van der Waals surface area contributed by atoms with Gasteiger partial charge < -0.3 is 23.8 Å². The fourth-order valence-electron chi connectivity index (χ4n) is 2.79. The summed E-state index contributed by atoms with van der Waals surface area (Å²) in [4.78, 5) is 16.5. The first-order chi connectivity index (χ1) is 11.9. The molecule has 0 N–H and O–H groups in total. The predicted molar refractivity (Wildman–Crippen MR) is 90.0 cm³/mol. The number of nitrogens with zero attached hydrogens (tertiary/aromatic N) is 4. The molecule has 1 unspecified atom stereocenters. The highest BCUT2D eigenvalue weighted by atomic mass is 16.7. The second kappa shape index (κ2) is 9.24. The van der Waals surface area contributed by atoms with Gasteiger partial charge in [-0.2, -0.15) is 0 Å². The molecule has 3 atom stereocenters. The molecule has 2 aliphatic heterocycles. The summed E-state index contributed by atoms with van der Waals surface area (Å²) in [5.41, 5.74) is 8.15. The van der Waals surface area contributed by atoms with E-state index in [1.807, 2.05) is 20.8 Å². The SMILES string of the molecule is CC(C)(C)OC(=O)N1C[C@H](N=[N+]=[N-])[C@@H](OCCOC2CCCCO2)C1. The Labute approximate surface area is 148 Å². The van der Waals surface area contributed by atoms with Crippen molar-refractivity contribution < 1.29 is 23.7 Å². The zero-order valence-corrected chi connectivity index (χ0v) is 15.2. The van der Waals surface area contributed by atoms with E-state index in [-0.39, 0.29) is 18.9 Å². The van der Waals surface area contributed by atoms with Crippen molar-refractivity contribution in [2.45, 2.75) is 64.1 Å². The first-order valence-electron chi connectivity index (χ1n) is 8.76. The van der Waals surface area contributed by atoms with E-state index >= 15 is 0 Å². The lowest BCUT2D eigenvalue weighted by molar-refractivity contribution is -0.171. The van der Waals surface area contributed by atoms with E-state index in [0.29, 0.717) is 19.8 Å². The maximum Gasteiger partial charge on any atom is 0.410 e. The van der Waals surface area contributed by atoms with Crippen LogP contribution in [0.25, 0.3) is 10.4 Å². The summed E-state index contributed by atoms with van der Waals surface area (Å²) in [5, 5.41) is 3.74. The van der Waals surface area contributed by atoms with Gasteiger partial charge in [0.05, 0.1) is 31.9 Å². The van der Waals surface area contributed by atoms with Gasteiger partial charge in [-0.25, -0.2) is 4.79 Å². The van der Waals surface area contributed by atoms with Crippen LogP contribution in [0.1, 0.15) is 40.0 Å². The van der Waals surface area contributed by atoms with Crippen molar-refractivity contribution in [2.24, 2.45) is 5.11 Å². The van der Waals surface area contributed by atoms with Gasteiger partial charge in [0, 0.05) is 18.1 Å². The standard InChI is InChI=1S/C16H28N4O5/c1-16(2,3)25-15(21)20-10-12(18-19-17)13(11-20)22-8-9-24-14-6-4-5-7-23-14/h12-14H,4-11H2,1-3H3/t12-,13-,14?/m0/s1. The number of carbonyl (C=O) groups excluding carboxylic acids is 1. The largest absolute Gasteiger partial charge is 0.444 e. The molecular weight excluding hydrogens is 328 g/mol. The molecule has 0 aromatic rings. The van der Waals surface area contributed by atoms with E-state index < -0.39 is 17.7 Å². The van der Waals surface area contributed by atoms with Crippen LogP contribution >= 0.6 is 0 Å². The van der Waals surface area contributed by atoms with Crippen molar-refractivity contribution >= 4 is 6.09 Å². The fourth-order valence-corrected chi connectivity index (χ4v) is 2.79. The van der Waals surface area contributed by atoms with Crippen molar-refractivity contribution in [3.05, 3.63) is 10.4 Å². The van der Waals surface area contributed by atoms with Crippen molar-refractivity contribution in [1.82, 2.24) is 4.90 Å². The Balaban J connectivity index is 1.77. The van der Waals surface area contributed by atoms with Gasteiger partial charge in [0.25, 0.3) is 0 Å². The molecule has 2 rings (SSSR count). The average Bonchev–Trinajstić information content (AvgIpc) is 2.95. The lowest BCUT2D eigenvalue weighted by Gasteiger charge is -2.24. The van der Waals surface area contributed by atoms with Gasteiger partial charge in [-0.05, 0) is 45.6 Å². The van der Waals surface area contributed by atoms with Gasteiger partial charge in [-0.3, -0.25) is 0 Å². The van der Waals surface area contributed by atoms with Crippen LogP contribution in [0.3, 0.4) is 0 Å². The Kier molecular flexibility index (Phi) is 7.31. The molecule has 0 radical (unpaired) electrons. The number of hydrogen-bond donors (Lipinski definition) is 0. The highest BCUT2D eigenvalue weighted by molar-refractivity contribution is 5.68. The molecule has 9 heteroatoms. The molecular formula is C16H28N4O5. The van der Waals surface area contributed by atoms with E-state index in [0.717, 1.165) is 25.9 Å². The van der Waals surface area contributed by atoms with Crippen LogP contribution in [0, 0.1) is 0 Å². The number of amides is 1. The summed E-state index contributed by atoms with van der Waals surface area (Å²) in [5.74, 6) is 0. The maximum absolute atomic E-state index is 12.2. The van der Waals surface area contributed by atoms with Gasteiger partial charge in [-0.15, -0.1) is 0 Å². The number of ether oxygens (including phenoxy) is 4. The molecule has 2 saturated heterocycles. The van der Waals surface area contributed by atoms with Crippen LogP contribution in [-0.4, -0.2) is 67.9 Å². The molecule has 1 amide bonds. The second-order valence-corrected chi connectivity index (χ2v) is 7.23. The third-order valence-electron chi connectivity index (χ3n) is 3.95. The number of likely N-dealkylation sites (tertiary alicyclic amines) is 1. The van der Waals surface area contributed by atoms with Crippen LogP contribution in [0.5, 0.6) is 0 Å². The van der Waals surface area contributed by atoms with Gasteiger partial charge >= 0.3 is 6.09 Å². The average molecular weight is 356 g/mol. The van der Waals surface area contributed by atoms with E-state index in [1.165, 1.54) is 4.90 Å². The molecule has 0 aromatic carbocycles. The molecule has 0 bridgehead atoms. The zero-order valence-electron chi connectivity index (χ0n) is 15.2. The summed E-state index contributed by atoms with van der Waals surface area (Å²) in [7, 11) is 0. The normalized spacial score (nSPS) is 27.0. The van der Waals surface area contributed by atoms with E-state index in [1.54, 1.807) is 0 Å². The Bertz CT molecular complexity index is 483.